The van der Waals surface area contributed by atoms with Crippen LogP contribution in [-0.2, 0) is 6.42 Å². The van der Waals surface area contributed by atoms with E-state index in [0.717, 1.165) is 25.1 Å². The first-order valence-corrected chi connectivity index (χ1v) is 8.37. The molecule has 0 radical (unpaired) electrons. The summed E-state index contributed by atoms with van der Waals surface area (Å²) in [7, 11) is 0. The fourth-order valence-corrected chi connectivity index (χ4v) is 3.01. The number of hydrogen-bond donors (Lipinski definition) is 1. The molecule has 126 valence electrons. The van der Waals surface area contributed by atoms with Gasteiger partial charge in [-0.15, -0.1) is 0 Å². The van der Waals surface area contributed by atoms with Crippen molar-refractivity contribution in [1.29, 1.82) is 0 Å². The van der Waals surface area contributed by atoms with E-state index >= 15 is 0 Å². The Kier molecular flexibility index (Phi) is 4.26. The molecule has 0 spiro atoms. The number of hydrogen-bond acceptors (Lipinski definition) is 4. The average molecular weight is 324 g/mol. The second kappa shape index (κ2) is 6.23. The first kappa shape index (κ1) is 16.4. The Bertz CT molecular complexity index is 764. The summed E-state index contributed by atoms with van der Waals surface area (Å²) in [6.45, 7) is 8.72. The van der Waals surface area contributed by atoms with Crippen molar-refractivity contribution in [2.24, 2.45) is 0 Å². The molecule has 3 rings (SSSR count). The summed E-state index contributed by atoms with van der Waals surface area (Å²) >= 11 is 0. The smallest absolute Gasteiger partial charge is 0.277 e. The number of carbonyl (C=O) groups excluding carboxylic acids is 1. The molecular weight excluding hydrogens is 300 g/mol. The lowest BCUT2D eigenvalue weighted by Crippen LogP contribution is -2.36. The summed E-state index contributed by atoms with van der Waals surface area (Å²) in [5, 5.41) is 3.32. The van der Waals surface area contributed by atoms with Gasteiger partial charge in [0.15, 0.2) is 0 Å². The summed E-state index contributed by atoms with van der Waals surface area (Å²) in [5.41, 5.74) is 2.52. The Hall–Kier alpha value is -2.43. The van der Waals surface area contributed by atoms with E-state index in [1.165, 1.54) is 5.56 Å². The first-order valence-electron chi connectivity index (χ1n) is 8.37. The van der Waals surface area contributed by atoms with Crippen molar-refractivity contribution in [1.82, 2.24) is 9.97 Å². The molecule has 1 aliphatic rings. The molecule has 5 heteroatoms. The molecule has 1 amide bonds. The lowest BCUT2D eigenvalue weighted by atomic mass is 10.0. The lowest BCUT2D eigenvalue weighted by molar-refractivity contribution is 0.0980. The van der Waals surface area contributed by atoms with Gasteiger partial charge in [-0.25, -0.2) is 9.97 Å². The van der Waals surface area contributed by atoms with Gasteiger partial charge in [0.1, 0.15) is 17.3 Å². The quantitative estimate of drug-likeness (QED) is 0.917. The van der Waals surface area contributed by atoms with Gasteiger partial charge in [0.2, 0.25) is 0 Å². The number of fused-ring (bicyclic) bond motifs is 1. The number of aryl methyl sites for hydroxylation is 2. The number of benzene rings is 1. The molecular formula is C19H24N4O. The van der Waals surface area contributed by atoms with Crippen molar-refractivity contribution < 1.29 is 4.79 Å². The summed E-state index contributed by atoms with van der Waals surface area (Å²) in [6.07, 6.45) is 1.99. The molecule has 2 heterocycles. The van der Waals surface area contributed by atoms with E-state index in [1.54, 1.807) is 6.07 Å². The zero-order valence-corrected chi connectivity index (χ0v) is 14.8. The van der Waals surface area contributed by atoms with E-state index in [1.807, 2.05) is 30.0 Å². The Labute approximate surface area is 143 Å². The third kappa shape index (κ3) is 3.55. The van der Waals surface area contributed by atoms with Crippen molar-refractivity contribution >= 4 is 17.4 Å². The molecule has 5 nitrogen and oxygen atoms in total. The molecule has 1 aliphatic heterocycles. The minimum absolute atomic E-state index is 0.0652. The van der Waals surface area contributed by atoms with Crippen LogP contribution >= 0.6 is 0 Å². The van der Waals surface area contributed by atoms with Crippen molar-refractivity contribution in [3.05, 3.63) is 47.4 Å². The third-order valence-corrected chi connectivity index (χ3v) is 3.92. The molecule has 1 N–H and O–H groups in total. The van der Waals surface area contributed by atoms with Gasteiger partial charge in [0.05, 0.1) is 0 Å². The molecule has 0 saturated heterocycles. The van der Waals surface area contributed by atoms with Crippen LogP contribution in [0.25, 0.3) is 0 Å². The molecule has 24 heavy (non-hydrogen) atoms. The highest BCUT2D eigenvalue weighted by molar-refractivity contribution is 6.05. The maximum absolute atomic E-state index is 13.0. The van der Waals surface area contributed by atoms with E-state index in [4.69, 9.17) is 0 Å². The van der Waals surface area contributed by atoms with E-state index in [0.29, 0.717) is 17.3 Å². The maximum Gasteiger partial charge on any atom is 0.277 e. The highest BCUT2D eigenvalue weighted by Gasteiger charge is 2.25. The van der Waals surface area contributed by atoms with Gasteiger partial charge in [-0.1, -0.05) is 18.2 Å². The van der Waals surface area contributed by atoms with Gasteiger partial charge in [0.25, 0.3) is 5.91 Å². The summed E-state index contributed by atoms with van der Waals surface area (Å²) in [4.78, 5) is 23.6. The van der Waals surface area contributed by atoms with E-state index in [-0.39, 0.29) is 11.4 Å². The number of para-hydroxylation sites is 1. The van der Waals surface area contributed by atoms with Crippen LogP contribution in [0.1, 0.15) is 49.1 Å². The number of nitrogens with zero attached hydrogens (tertiary/aromatic N) is 3. The van der Waals surface area contributed by atoms with Gasteiger partial charge in [0, 0.05) is 23.8 Å². The van der Waals surface area contributed by atoms with Crippen LogP contribution in [0.3, 0.4) is 0 Å². The van der Waals surface area contributed by atoms with E-state index in [9.17, 15) is 4.79 Å². The van der Waals surface area contributed by atoms with Crippen LogP contribution in [0.4, 0.5) is 11.5 Å². The Morgan fingerprint density at radius 2 is 1.96 bits per heavy atom. The molecule has 0 bridgehead atoms. The predicted molar refractivity (Wildman–Crippen MR) is 96.6 cm³/mol. The number of amides is 1. The number of rotatable bonds is 2. The normalized spacial score (nSPS) is 14.2. The second-order valence-corrected chi connectivity index (χ2v) is 7.25. The Balaban J connectivity index is 1.94. The molecule has 0 aliphatic carbocycles. The summed E-state index contributed by atoms with van der Waals surface area (Å²) in [5.74, 6) is 1.21. The van der Waals surface area contributed by atoms with Crippen molar-refractivity contribution in [3.8, 4) is 0 Å². The third-order valence-electron chi connectivity index (χ3n) is 3.92. The number of aromatic nitrogens is 2. The highest BCUT2D eigenvalue weighted by Crippen LogP contribution is 2.28. The van der Waals surface area contributed by atoms with Crippen molar-refractivity contribution in [2.75, 3.05) is 16.8 Å². The monoisotopic (exact) mass is 324 g/mol. The SMILES string of the molecule is Cc1nc(NC(C)(C)C)cc(C(=O)N2CCCc3ccccc32)n1. The second-order valence-electron chi connectivity index (χ2n) is 7.25. The van der Waals surface area contributed by atoms with Crippen molar-refractivity contribution in [2.45, 2.75) is 46.1 Å². The van der Waals surface area contributed by atoms with Gasteiger partial charge in [-0.2, -0.15) is 0 Å². The molecule has 0 fully saturated rings. The molecule has 1 aromatic heterocycles. The Morgan fingerprint density at radius 1 is 1.21 bits per heavy atom. The van der Waals surface area contributed by atoms with Crippen LogP contribution in [0.15, 0.2) is 30.3 Å². The zero-order chi connectivity index (χ0) is 17.3. The topological polar surface area (TPSA) is 58.1 Å². The Morgan fingerprint density at radius 3 is 2.71 bits per heavy atom. The molecule has 0 unspecified atom stereocenters. The fourth-order valence-electron chi connectivity index (χ4n) is 3.01. The van der Waals surface area contributed by atoms with Crippen molar-refractivity contribution in [3.63, 3.8) is 0 Å². The minimum atomic E-state index is -0.126. The summed E-state index contributed by atoms with van der Waals surface area (Å²) < 4.78 is 0. The molecule has 2 aromatic rings. The lowest BCUT2D eigenvalue weighted by Gasteiger charge is -2.29. The highest BCUT2D eigenvalue weighted by atomic mass is 16.2. The fraction of sp³-hybridized carbons (Fsp3) is 0.421. The van der Waals surface area contributed by atoms with Crippen LogP contribution in [0, 0.1) is 6.92 Å². The zero-order valence-electron chi connectivity index (χ0n) is 14.8. The average Bonchev–Trinajstić information content (AvgIpc) is 2.51. The van der Waals surface area contributed by atoms with Gasteiger partial charge >= 0.3 is 0 Å². The van der Waals surface area contributed by atoms with Crippen LogP contribution in [0.2, 0.25) is 0 Å². The maximum atomic E-state index is 13.0. The van der Waals surface area contributed by atoms with Gasteiger partial charge in [-0.05, 0) is 52.2 Å². The van der Waals surface area contributed by atoms with Crippen LogP contribution < -0.4 is 10.2 Å². The largest absolute Gasteiger partial charge is 0.365 e. The van der Waals surface area contributed by atoms with E-state index in [2.05, 4.69) is 42.1 Å². The number of anilines is 2. The number of carbonyl (C=O) groups is 1. The van der Waals surface area contributed by atoms with Gasteiger partial charge < -0.3 is 10.2 Å². The summed E-state index contributed by atoms with van der Waals surface area (Å²) in [6, 6.07) is 9.84. The first-order chi connectivity index (χ1) is 11.3. The van der Waals surface area contributed by atoms with Crippen LogP contribution in [-0.4, -0.2) is 28.0 Å². The van der Waals surface area contributed by atoms with Crippen LogP contribution in [0.5, 0.6) is 0 Å². The molecule has 0 atom stereocenters. The molecule has 1 aromatic carbocycles. The molecule has 0 saturated carbocycles. The predicted octanol–water partition coefficient (Wildman–Crippen LogP) is 3.59. The minimum Gasteiger partial charge on any atom is -0.365 e. The van der Waals surface area contributed by atoms with Gasteiger partial charge in [-0.3, -0.25) is 4.79 Å². The number of nitrogens with one attached hydrogen (secondary N) is 1. The standard InChI is InChI=1S/C19H24N4O/c1-13-20-15(12-17(21-13)22-19(2,3)4)18(24)23-11-7-9-14-8-5-6-10-16(14)23/h5-6,8,10,12H,7,9,11H2,1-4H3,(H,20,21,22). The van der Waals surface area contributed by atoms with E-state index < -0.39 is 0 Å².